The highest BCUT2D eigenvalue weighted by Gasteiger charge is 2.05. The van der Waals surface area contributed by atoms with Crippen molar-refractivity contribution in [2.45, 2.75) is 0 Å². The van der Waals surface area contributed by atoms with Gasteiger partial charge in [0.1, 0.15) is 11.6 Å². The van der Waals surface area contributed by atoms with Gasteiger partial charge in [0.15, 0.2) is 0 Å². The molecule has 0 heterocycles. The zero-order valence-electron chi connectivity index (χ0n) is 6.44. The molecule has 0 unspecified atom stereocenters. The van der Waals surface area contributed by atoms with Crippen LogP contribution in [-0.4, -0.2) is 13.3 Å². The van der Waals surface area contributed by atoms with Crippen molar-refractivity contribution >= 4 is 13.2 Å². The van der Waals surface area contributed by atoms with Crippen molar-refractivity contribution in [3.8, 4) is 0 Å². The van der Waals surface area contributed by atoms with Crippen LogP contribution in [0.25, 0.3) is 0 Å². The van der Waals surface area contributed by atoms with Crippen LogP contribution in [0.4, 0.5) is 8.78 Å². The van der Waals surface area contributed by atoms with Gasteiger partial charge in [0.2, 0.25) is 0 Å². The summed E-state index contributed by atoms with van der Waals surface area (Å²) in [7, 11) is -0.470. The van der Waals surface area contributed by atoms with Crippen LogP contribution in [0.2, 0.25) is 0 Å². The normalized spacial score (nSPS) is 10.6. The molecule has 0 spiro atoms. The first-order valence-corrected chi connectivity index (χ1v) is 5.47. The minimum absolute atomic E-state index is 0.430. The molecular weight excluding hydrogens is 165 g/mol. The summed E-state index contributed by atoms with van der Waals surface area (Å²) in [5.41, 5.74) is 0. The Bertz CT molecular complexity index is 258. The van der Waals surface area contributed by atoms with Crippen molar-refractivity contribution in [3.05, 3.63) is 29.8 Å². The van der Waals surface area contributed by atoms with Gasteiger partial charge in [-0.2, -0.15) is 0 Å². The van der Waals surface area contributed by atoms with E-state index in [1.807, 2.05) is 13.3 Å². The monoisotopic (exact) mass is 174 g/mol. The number of halogens is 2. The fourth-order valence-corrected chi connectivity index (χ4v) is 1.71. The maximum Gasteiger partial charge on any atom is 0.133 e. The Morgan fingerprint density at radius 3 is 2.27 bits per heavy atom. The molecule has 0 aromatic heterocycles. The number of benzene rings is 1. The van der Waals surface area contributed by atoms with Crippen molar-refractivity contribution in [2.24, 2.45) is 0 Å². The Morgan fingerprint density at radius 2 is 1.82 bits per heavy atom. The lowest BCUT2D eigenvalue weighted by Crippen LogP contribution is -2.05. The van der Waals surface area contributed by atoms with Gasteiger partial charge < -0.3 is 0 Å². The third kappa shape index (κ3) is 1.97. The first-order valence-electron chi connectivity index (χ1n) is 3.23. The molecule has 1 aromatic rings. The van der Waals surface area contributed by atoms with Crippen LogP contribution >= 0.6 is 7.92 Å². The summed E-state index contributed by atoms with van der Waals surface area (Å²) in [4.78, 5) is 0. The molecule has 1 rings (SSSR count). The highest BCUT2D eigenvalue weighted by atomic mass is 31.1. The molecule has 11 heavy (non-hydrogen) atoms. The molecule has 1 aromatic carbocycles. The van der Waals surface area contributed by atoms with Crippen LogP contribution in [-0.2, 0) is 0 Å². The highest BCUT2D eigenvalue weighted by molar-refractivity contribution is 7.64. The third-order valence-electron chi connectivity index (χ3n) is 1.39. The van der Waals surface area contributed by atoms with Crippen LogP contribution in [0.1, 0.15) is 0 Å². The second kappa shape index (κ2) is 3.27. The molecular formula is C8H9F2P. The van der Waals surface area contributed by atoms with Gasteiger partial charge in [-0.25, -0.2) is 8.78 Å². The number of hydrogen-bond acceptors (Lipinski definition) is 0. The Labute approximate surface area is 66.0 Å². The fraction of sp³-hybridized carbons (Fsp3) is 0.250. The van der Waals surface area contributed by atoms with Crippen molar-refractivity contribution in [2.75, 3.05) is 13.3 Å². The van der Waals surface area contributed by atoms with E-state index in [4.69, 9.17) is 0 Å². The predicted octanol–water partition coefficient (Wildman–Crippen LogP) is 2.33. The van der Waals surface area contributed by atoms with Gasteiger partial charge in [-0.1, -0.05) is 7.92 Å². The molecule has 0 fully saturated rings. The lowest BCUT2D eigenvalue weighted by molar-refractivity contribution is 0.588. The van der Waals surface area contributed by atoms with E-state index in [0.717, 1.165) is 6.07 Å². The molecule has 0 saturated carbocycles. The molecule has 0 aliphatic heterocycles. The van der Waals surface area contributed by atoms with Gasteiger partial charge in [-0.05, 0) is 25.5 Å². The third-order valence-corrected chi connectivity index (χ3v) is 2.72. The summed E-state index contributed by atoms with van der Waals surface area (Å²) in [6.07, 6.45) is 0. The van der Waals surface area contributed by atoms with Crippen molar-refractivity contribution in [1.82, 2.24) is 0 Å². The number of rotatable bonds is 1. The minimum atomic E-state index is -0.511. The smallest absolute Gasteiger partial charge is 0.133 e. The summed E-state index contributed by atoms with van der Waals surface area (Å²) in [6, 6.07) is 3.73. The number of hydrogen-bond donors (Lipinski definition) is 0. The molecule has 0 radical (unpaired) electrons. The van der Waals surface area contributed by atoms with Gasteiger partial charge >= 0.3 is 0 Å². The lowest BCUT2D eigenvalue weighted by Gasteiger charge is -2.05. The SMILES string of the molecule is CP(C)c1ccc(F)cc1F. The van der Waals surface area contributed by atoms with E-state index in [9.17, 15) is 8.78 Å². The molecule has 0 bridgehead atoms. The van der Waals surface area contributed by atoms with Gasteiger partial charge in [0, 0.05) is 11.4 Å². The topological polar surface area (TPSA) is 0 Å². The van der Waals surface area contributed by atoms with E-state index in [2.05, 4.69) is 0 Å². The van der Waals surface area contributed by atoms with Crippen molar-refractivity contribution < 1.29 is 8.78 Å². The van der Waals surface area contributed by atoms with Crippen LogP contribution in [0.5, 0.6) is 0 Å². The molecule has 0 nitrogen and oxygen atoms in total. The fourth-order valence-electron chi connectivity index (χ4n) is 0.844. The molecule has 0 saturated heterocycles. The second-order valence-corrected chi connectivity index (χ2v) is 4.76. The van der Waals surface area contributed by atoms with Crippen molar-refractivity contribution in [1.29, 1.82) is 0 Å². The average Bonchev–Trinajstić information content (AvgIpc) is 1.85. The second-order valence-electron chi connectivity index (χ2n) is 2.49. The van der Waals surface area contributed by atoms with Gasteiger partial charge in [-0.15, -0.1) is 0 Å². The maximum atomic E-state index is 12.9. The summed E-state index contributed by atoms with van der Waals surface area (Å²) < 4.78 is 25.3. The van der Waals surface area contributed by atoms with E-state index in [-0.39, 0.29) is 0 Å². The van der Waals surface area contributed by atoms with Crippen LogP contribution in [0, 0.1) is 11.6 Å². The summed E-state index contributed by atoms with van der Waals surface area (Å²) in [6.45, 7) is 3.87. The summed E-state index contributed by atoms with van der Waals surface area (Å²) in [5, 5.41) is 0.626. The summed E-state index contributed by atoms with van der Waals surface area (Å²) >= 11 is 0. The van der Waals surface area contributed by atoms with Crippen LogP contribution < -0.4 is 5.30 Å². The van der Waals surface area contributed by atoms with Crippen molar-refractivity contribution in [3.63, 3.8) is 0 Å². The molecule has 0 N–H and O–H groups in total. The molecule has 60 valence electrons. The summed E-state index contributed by atoms with van der Waals surface area (Å²) in [5.74, 6) is -0.941. The van der Waals surface area contributed by atoms with Crippen LogP contribution in [0.15, 0.2) is 18.2 Å². The molecule has 0 atom stereocenters. The Balaban J connectivity index is 3.09. The Kier molecular flexibility index (Phi) is 2.56. The molecule has 0 amide bonds. The quantitative estimate of drug-likeness (QED) is 0.573. The van der Waals surface area contributed by atoms with E-state index in [1.54, 1.807) is 0 Å². The zero-order valence-corrected chi connectivity index (χ0v) is 7.33. The van der Waals surface area contributed by atoms with E-state index in [1.165, 1.54) is 12.1 Å². The minimum Gasteiger partial charge on any atom is -0.207 e. The van der Waals surface area contributed by atoms with E-state index in [0.29, 0.717) is 5.30 Å². The molecule has 0 aliphatic rings. The van der Waals surface area contributed by atoms with E-state index < -0.39 is 19.6 Å². The first kappa shape index (κ1) is 8.61. The van der Waals surface area contributed by atoms with Gasteiger partial charge in [0.25, 0.3) is 0 Å². The standard InChI is InChI=1S/C8H9F2P/c1-11(2)8-4-3-6(9)5-7(8)10/h3-5H,1-2H3. The Hall–Kier alpha value is -0.490. The molecule has 0 aliphatic carbocycles. The Morgan fingerprint density at radius 1 is 1.18 bits per heavy atom. The average molecular weight is 174 g/mol. The molecule has 3 heteroatoms. The zero-order chi connectivity index (χ0) is 8.43. The van der Waals surface area contributed by atoms with Gasteiger partial charge in [-0.3, -0.25) is 0 Å². The maximum absolute atomic E-state index is 12.9. The first-order chi connectivity index (χ1) is 5.11. The lowest BCUT2D eigenvalue weighted by atomic mass is 10.3. The predicted molar refractivity (Wildman–Crippen MR) is 44.8 cm³/mol. The van der Waals surface area contributed by atoms with E-state index >= 15 is 0 Å². The highest BCUT2D eigenvalue weighted by Crippen LogP contribution is 2.24. The van der Waals surface area contributed by atoms with Gasteiger partial charge in [0.05, 0.1) is 0 Å². The largest absolute Gasteiger partial charge is 0.207 e. The van der Waals surface area contributed by atoms with Crippen LogP contribution in [0.3, 0.4) is 0 Å².